The average Bonchev–Trinajstić information content (AvgIpc) is 2.06. The monoisotopic (exact) mass is 263 g/mol. The highest BCUT2D eigenvalue weighted by molar-refractivity contribution is 14.1. The van der Waals surface area contributed by atoms with E-state index in [9.17, 15) is 0 Å². The SMILES string of the molecule is Ic1ccnc2c1COCO2. The van der Waals surface area contributed by atoms with Gasteiger partial charge < -0.3 is 9.47 Å². The van der Waals surface area contributed by atoms with E-state index < -0.39 is 0 Å². The summed E-state index contributed by atoms with van der Waals surface area (Å²) in [5, 5.41) is 0. The molecule has 0 radical (unpaired) electrons. The van der Waals surface area contributed by atoms with Crippen molar-refractivity contribution in [2.45, 2.75) is 6.61 Å². The molecule has 0 saturated carbocycles. The first-order valence-electron chi connectivity index (χ1n) is 3.22. The van der Waals surface area contributed by atoms with Crippen molar-refractivity contribution in [2.24, 2.45) is 0 Å². The van der Waals surface area contributed by atoms with Crippen molar-refractivity contribution in [2.75, 3.05) is 6.79 Å². The molecule has 0 bridgehead atoms. The van der Waals surface area contributed by atoms with Gasteiger partial charge in [0.05, 0.1) is 12.2 Å². The van der Waals surface area contributed by atoms with Crippen LogP contribution >= 0.6 is 22.6 Å². The van der Waals surface area contributed by atoms with Crippen LogP contribution in [0.4, 0.5) is 0 Å². The summed E-state index contributed by atoms with van der Waals surface area (Å²) in [7, 11) is 0. The summed E-state index contributed by atoms with van der Waals surface area (Å²) in [4.78, 5) is 4.07. The van der Waals surface area contributed by atoms with E-state index >= 15 is 0 Å². The number of nitrogens with zero attached hydrogens (tertiary/aromatic N) is 1. The lowest BCUT2D eigenvalue weighted by atomic mass is 10.3. The maximum atomic E-state index is 5.17. The molecule has 0 fully saturated rings. The number of aromatic nitrogens is 1. The third-order valence-electron chi connectivity index (χ3n) is 1.48. The van der Waals surface area contributed by atoms with E-state index in [1.54, 1.807) is 6.20 Å². The van der Waals surface area contributed by atoms with Crippen LogP contribution in [-0.4, -0.2) is 11.8 Å². The molecule has 0 N–H and O–H groups in total. The molecular weight excluding hydrogens is 257 g/mol. The van der Waals surface area contributed by atoms with E-state index in [-0.39, 0.29) is 0 Å². The molecule has 1 aromatic heterocycles. The number of hydrogen-bond donors (Lipinski definition) is 0. The van der Waals surface area contributed by atoms with Crippen molar-refractivity contribution in [1.82, 2.24) is 4.98 Å². The van der Waals surface area contributed by atoms with Crippen LogP contribution in [-0.2, 0) is 11.3 Å². The molecule has 1 aliphatic rings. The van der Waals surface area contributed by atoms with Crippen molar-refractivity contribution < 1.29 is 9.47 Å². The van der Waals surface area contributed by atoms with Crippen LogP contribution in [0.1, 0.15) is 5.56 Å². The maximum Gasteiger partial charge on any atom is 0.222 e. The second kappa shape index (κ2) is 2.94. The van der Waals surface area contributed by atoms with Crippen molar-refractivity contribution in [3.63, 3.8) is 0 Å². The first-order valence-corrected chi connectivity index (χ1v) is 4.30. The second-order valence-electron chi connectivity index (χ2n) is 2.19. The Kier molecular flexibility index (Phi) is 1.95. The summed E-state index contributed by atoms with van der Waals surface area (Å²) in [6, 6.07) is 1.94. The molecular formula is C7H6INO2. The molecule has 58 valence electrons. The molecule has 1 aliphatic heterocycles. The number of hydrogen-bond acceptors (Lipinski definition) is 3. The van der Waals surface area contributed by atoms with Crippen molar-refractivity contribution in [3.8, 4) is 5.88 Å². The first-order chi connectivity index (χ1) is 5.38. The summed E-state index contributed by atoms with van der Waals surface area (Å²) >= 11 is 2.24. The lowest BCUT2D eigenvalue weighted by Gasteiger charge is -2.16. The van der Waals surface area contributed by atoms with E-state index in [1.165, 1.54) is 0 Å². The topological polar surface area (TPSA) is 31.4 Å². The second-order valence-corrected chi connectivity index (χ2v) is 3.35. The molecule has 0 unspecified atom stereocenters. The van der Waals surface area contributed by atoms with Crippen molar-refractivity contribution in [3.05, 3.63) is 21.4 Å². The van der Waals surface area contributed by atoms with Gasteiger partial charge in [0, 0.05) is 9.77 Å². The molecule has 0 amide bonds. The van der Waals surface area contributed by atoms with E-state index in [1.807, 2.05) is 6.07 Å². The minimum absolute atomic E-state index is 0.320. The molecule has 11 heavy (non-hydrogen) atoms. The van der Waals surface area contributed by atoms with Crippen LogP contribution in [0.25, 0.3) is 0 Å². The Bertz CT molecular complexity index is 277. The molecule has 3 nitrogen and oxygen atoms in total. The van der Waals surface area contributed by atoms with Gasteiger partial charge in [-0.1, -0.05) is 0 Å². The molecule has 0 spiro atoms. The van der Waals surface area contributed by atoms with Gasteiger partial charge in [-0.15, -0.1) is 0 Å². The largest absolute Gasteiger partial charge is 0.450 e. The summed E-state index contributed by atoms with van der Waals surface area (Å²) in [5.41, 5.74) is 1.05. The van der Waals surface area contributed by atoms with Gasteiger partial charge in [0.15, 0.2) is 6.79 Å². The molecule has 2 rings (SSSR count). The van der Waals surface area contributed by atoms with Gasteiger partial charge in [0.25, 0.3) is 0 Å². The van der Waals surface area contributed by atoms with E-state index in [0.29, 0.717) is 19.3 Å². The summed E-state index contributed by atoms with van der Waals surface area (Å²) < 4.78 is 11.4. The van der Waals surface area contributed by atoms with Gasteiger partial charge in [-0.3, -0.25) is 0 Å². The summed E-state index contributed by atoms with van der Waals surface area (Å²) in [6.45, 7) is 0.932. The van der Waals surface area contributed by atoms with Crippen molar-refractivity contribution >= 4 is 22.6 Å². The highest BCUT2D eigenvalue weighted by atomic mass is 127. The Morgan fingerprint density at radius 1 is 1.55 bits per heavy atom. The maximum absolute atomic E-state index is 5.17. The Labute approximate surface area is 77.9 Å². The number of pyridine rings is 1. The smallest absolute Gasteiger partial charge is 0.222 e. The molecule has 1 aromatic rings. The molecule has 0 atom stereocenters. The van der Waals surface area contributed by atoms with Crippen LogP contribution in [0.5, 0.6) is 5.88 Å². The third kappa shape index (κ3) is 1.32. The lowest BCUT2D eigenvalue weighted by molar-refractivity contribution is -0.0202. The lowest BCUT2D eigenvalue weighted by Crippen LogP contribution is -2.13. The minimum atomic E-state index is 0.320. The van der Waals surface area contributed by atoms with Gasteiger partial charge in [-0.2, -0.15) is 0 Å². The fraction of sp³-hybridized carbons (Fsp3) is 0.286. The fourth-order valence-corrected chi connectivity index (χ4v) is 1.49. The predicted octanol–water partition coefficient (Wildman–Crippen LogP) is 1.55. The first kappa shape index (κ1) is 7.30. The number of fused-ring (bicyclic) bond motifs is 1. The molecule has 0 saturated heterocycles. The highest BCUT2D eigenvalue weighted by Crippen LogP contribution is 2.24. The molecule has 4 heteroatoms. The zero-order chi connectivity index (χ0) is 7.68. The number of halogens is 1. The van der Waals surface area contributed by atoms with Gasteiger partial charge >= 0.3 is 0 Å². The normalized spacial score (nSPS) is 15.4. The predicted molar refractivity (Wildman–Crippen MR) is 47.2 cm³/mol. The van der Waals surface area contributed by atoms with E-state index in [0.717, 1.165) is 9.13 Å². The standard InChI is InChI=1S/C7H6INO2/c8-6-1-2-9-7-5(6)3-10-4-11-7/h1-2H,3-4H2. The van der Waals surface area contributed by atoms with Crippen LogP contribution in [0.2, 0.25) is 0 Å². The minimum Gasteiger partial charge on any atom is -0.450 e. The van der Waals surface area contributed by atoms with Gasteiger partial charge in [-0.25, -0.2) is 4.98 Å². The fourth-order valence-electron chi connectivity index (χ4n) is 0.947. The zero-order valence-corrected chi connectivity index (χ0v) is 7.87. The molecule has 2 heterocycles. The van der Waals surface area contributed by atoms with E-state index in [2.05, 4.69) is 27.6 Å². The van der Waals surface area contributed by atoms with Gasteiger partial charge in [0.2, 0.25) is 5.88 Å². The quantitative estimate of drug-likeness (QED) is 0.665. The van der Waals surface area contributed by atoms with E-state index in [4.69, 9.17) is 9.47 Å². The average molecular weight is 263 g/mol. The summed E-state index contributed by atoms with van der Waals surface area (Å²) in [6.07, 6.45) is 1.74. The Morgan fingerprint density at radius 2 is 2.45 bits per heavy atom. The highest BCUT2D eigenvalue weighted by Gasteiger charge is 2.13. The number of rotatable bonds is 0. The zero-order valence-electron chi connectivity index (χ0n) is 5.71. The summed E-state index contributed by atoms with van der Waals surface area (Å²) in [5.74, 6) is 0.711. The van der Waals surface area contributed by atoms with Crippen molar-refractivity contribution in [1.29, 1.82) is 0 Å². The Hall–Kier alpha value is -0.360. The Balaban J connectivity index is 2.49. The van der Waals surface area contributed by atoms with Gasteiger partial charge in [0.1, 0.15) is 0 Å². The van der Waals surface area contributed by atoms with Crippen LogP contribution in [0, 0.1) is 3.57 Å². The van der Waals surface area contributed by atoms with Gasteiger partial charge in [-0.05, 0) is 28.7 Å². The molecule has 0 aliphatic carbocycles. The number of ether oxygens (including phenoxy) is 2. The van der Waals surface area contributed by atoms with Crippen LogP contribution < -0.4 is 4.74 Å². The van der Waals surface area contributed by atoms with Crippen LogP contribution in [0.15, 0.2) is 12.3 Å². The molecule has 0 aromatic carbocycles. The third-order valence-corrected chi connectivity index (χ3v) is 2.50. The van der Waals surface area contributed by atoms with Crippen LogP contribution in [0.3, 0.4) is 0 Å². The Morgan fingerprint density at radius 3 is 3.27 bits per heavy atom.